The Kier molecular flexibility index (Phi) is 9.17. The van der Waals surface area contributed by atoms with Crippen molar-refractivity contribution >= 4 is 30.2 Å². The highest BCUT2D eigenvalue weighted by Gasteiger charge is 2.45. The zero-order valence-corrected chi connectivity index (χ0v) is 21.4. The summed E-state index contributed by atoms with van der Waals surface area (Å²) in [6.07, 6.45) is -5.45. The maximum atomic E-state index is 13.9. The third-order valence-corrected chi connectivity index (χ3v) is 7.48. The number of hydrogen-bond donors (Lipinski definition) is 4. The van der Waals surface area contributed by atoms with Crippen LogP contribution in [0.2, 0.25) is 0 Å². The number of anilines is 1. The van der Waals surface area contributed by atoms with Gasteiger partial charge in [0.05, 0.1) is 18.9 Å². The lowest BCUT2D eigenvalue weighted by molar-refractivity contribution is -0.149. The van der Waals surface area contributed by atoms with Crippen molar-refractivity contribution in [2.45, 2.75) is 57.5 Å². The summed E-state index contributed by atoms with van der Waals surface area (Å²) in [5.74, 6) is -1.83. The van der Waals surface area contributed by atoms with Crippen LogP contribution in [0.5, 0.6) is 5.75 Å². The molecule has 6 unspecified atom stereocenters. The number of para-hydroxylation sites is 1. The van der Waals surface area contributed by atoms with Crippen LogP contribution in [0.4, 0.5) is 10.2 Å². The number of benzene rings is 1. The highest BCUT2D eigenvalue weighted by Crippen LogP contribution is 2.46. The molecular weight excluding hydrogens is 518 g/mol. The van der Waals surface area contributed by atoms with E-state index in [4.69, 9.17) is 36.1 Å². The van der Waals surface area contributed by atoms with E-state index in [2.05, 4.69) is 10.1 Å². The summed E-state index contributed by atoms with van der Waals surface area (Å²) in [5.41, 5.74) is 4.31. The zero-order chi connectivity index (χ0) is 26.6. The first-order valence-corrected chi connectivity index (χ1v) is 13.6. The summed E-state index contributed by atoms with van der Waals surface area (Å²) in [5, 5.41) is 23.8. The van der Waals surface area contributed by atoms with Gasteiger partial charge in [-0.25, -0.2) is 14.3 Å². The quantitative estimate of drug-likeness (QED) is 0.245. The van der Waals surface area contributed by atoms with E-state index in [1.807, 2.05) is 0 Å². The molecule has 12 nitrogen and oxygen atoms in total. The number of nitrogen functional groups attached to an aromatic ring is 1. The molecule has 0 bridgehead atoms. The maximum absolute atomic E-state index is 13.9. The van der Waals surface area contributed by atoms with Gasteiger partial charge >= 0.3 is 18.3 Å². The van der Waals surface area contributed by atoms with Gasteiger partial charge in [0.2, 0.25) is 0 Å². The molecule has 0 aliphatic carbocycles. The van der Waals surface area contributed by atoms with E-state index in [1.54, 1.807) is 44.2 Å². The maximum Gasteiger partial charge on any atom is 0.351 e. The predicted octanol–water partition coefficient (Wildman–Crippen LogP) is 0.834. The number of esters is 1. The molecule has 15 heteroatoms. The van der Waals surface area contributed by atoms with E-state index < -0.39 is 67.1 Å². The Labute approximate surface area is 211 Å². The minimum atomic E-state index is -3.46. The minimum Gasteiger partial charge on any atom is -0.462 e. The first-order valence-electron chi connectivity index (χ1n) is 10.9. The number of rotatable bonds is 10. The summed E-state index contributed by atoms with van der Waals surface area (Å²) < 4.78 is 37.0. The third-order valence-electron chi connectivity index (χ3n) is 4.98. The summed E-state index contributed by atoms with van der Waals surface area (Å²) in [4.78, 5) is 27.8. The van der Waals surface area contributed by atoms with Crippen LogP contribution in [0, 0.1) is 5.82 Å². The van der Waals surface area contributed by atoms with Gasteiger partial charge in [-0.2, -0.15) is 4.98 Å². The number of nitrogens with zero attached hydrogens (tertiary/aromatic N) is 2. The SMILES string of the molecule is CC(C)OC(=O)C(C)NP(=S)(OCC1OC(n2cc(F)c(N)nc2=O)C(O)C1O)Oc1ccccc1. The fraction of sp³-hybridized carbons (Fsp3) is 0.476. The molecule has 2 heterocycles. The number of aromatic nitrogens is 2. The van der Waals surface area contributed by atoms with E-state index in [-0.39, 0.29) is 6.10 Å². The second kappa shape index (κ2) is 11.7. The predicted molar refractivity (Wildman–Crippen MR) is 130 cm³/mol. The van der Waals surface area contributed by atoms with Crippen LogP contribution in [0.15, 0.2) is 41.3 Å². The number of hydrogen-bond acceptors (Lipinski definition) is 11. The smallest absolute Gasteiger partial charge is 0.351 e. The van der Waals surface area contributed by atoms with Crippen LogP contribution in [0.3, 0.4) is 0 Å². The molecule has 0 radical (unpaired) electrons. The Morgan fingerprint density at radius 2 is 1.97 bits per heavy atom. The summed E-state index contributed by atoms with van der Waals surface area (Å²) in [6.45, 7) is 1.07. The van der Waals surface area contributed by atoms with Crippen molar-refractivity contribution in [3.8, 4) is 5.75 Å². The number of ether oxygens (including phenoxy) is 2. The summed E-state index contributed by atoms with van der Waals surface area (Å²) in [7, 11) is 0. The lowest BCUT2D eigenvalue weighted by Crippen LogP contribution is -2.38. The summed E-state index contributed by atoms with van der Waals surface area (Å²) in [6, 6.07) is 7.57. The van der Waals surface area contributed by atoms with E-state index in [0.29, 0.717) is 10.3 Å². The standard InChI is InChI=1S/C21H28FN4O8PS/c1-11(2)32-20(29)12(3)25-35(36,34-13-7-5-4-6-8-13)31-10-15-16(27)17(28)19(33-15)26-9-14(22)18(23)24-21(26)30/h4-9,11-12,15-17,19,27-28H,10H2,1-3H3,(H,25,36)(H2,23,24,30). The number of aliphatic hydroxyl groups is 2. The fourth-order valence-electron chi connectivity index (χ4n) is 3.24. The molecule has 1 saturated heterocycles. The van der Waals surface area contributed by atoms with E-state index in [9.17, 15) is 24.2 Å². The van der Waals surface area contributed by atoms with Gasteiger partial charge in [0.15, 0.2) is 17.9 Å². The van der Waals surface area contributed by atoms with Gasteiger partial charge < -0.3 is 34.5 Å². The van der Waals surface area contributed by atoms with Crippen molar-refractivity contribution in [1.82, 2.24) is 14.6 Å². The average Bonchev–Trinajstić information content (AvgIpc) is 3.08. The highest BCUT2D eigenvalue weighted by atomic mass is 32.5. The van der Waals surface area contributed by atoms with Gasteiger partial charge in [-0.05, 0) is 44.7 Å². The van der Waals surface area contributed by atoms with Gasteiger partial charge in [0.1, 0.15) is 30.1 Å². The van der Waals surface area contributed by atoms with Gasteiger partial charge in [-0.15, -0.1) is 0 Å². The molecule has 1 fully saturated rings. The van der Waals surface area contributed by atoms with Crippen LogP contribution >= 0.6 is 6.64 Å². The van der Waals surface area contributed by atoms with Crippen LogP contribution < -0.4 is 21.0 Å². The minimum absolute atomic E-state index is 0.355. The Morgan fingerprint density at radius 3 is 2.61 bits per heavy atom. The molecule has 36 heavy (non-hydrogen) atoms. The largest absolute Gasteiger partial charge is 0.462 e. The van der Waals surface area contributed by atoms with Gasteiger partial charge in [0.25, 0.3) is 0 Å². The molecule has 0 saturated carbocycles. The molecule has 6 atom stereocenters. The first-order chi connectivity index (χ1) is 16.9. The first kappa shape index (κ1) is 28.1. The number of nitrogens with one attached hydrogen (secondary N) is 1. The number of aliphatic hydroxyl groups excluding tert-OH is 2. The molecule has 1 aromatic heterocycles. The lowest BCUT2D eigenvalue weighted by atomic mass is 10.1. The molecule has 1 aliphatic rings. The second-order valence-electron chi connectivity index (χ2n) is 8.24. The zero-order valence-electron chi connectivity index (χ0n) is 19.7. The number of halogens is 1. The molecule has 1 aliphatic heterocycles. The van der Waals surface area contributed by atoms with Crippen molar-refractivity contribution in [2.24, 2.45) is 0 Å². The van der Waals surface area contributed by atoms with Crippen molar-refractivity contribution < 1.29 is 37.9 Å². The Bertz CT molecular complexity index is 1170. The molecule has 5 N–H and O–H groups in total. The van der Waals surface area contributed by atoms with Crippen molar-refractivity contribution in [2.75, 3.05) is 12.3 Å². The van der Waals surface area contributed by atoms with E-state index in [1.165, 1.54) is 6.92 Å². The van der Waals surface area contributed by atoms with Crippen LogP contribution in [0.1, 0.15) is 27.0 Å². The fourth-order valence-corrected chi connectivity index (χ4v) is 5.66. The van der Waals surface area contributed by atoms with Crippen LogP contribution in [0.25, 0.3) is 0 Å². The van der Waals surface area contributed by atoms with E-state index in [0.717, 1.165) is 6.20 Å². The Balaban J connectivity index is 1.77. The van der Waals surface area contributed by atoms with E-state index >= 15 is 0 Å². The monoisotopic (exact) mass is 546 g/mol. The molecule has 1 aromatic carbocycles. The van der Waals surface area contributed by atoms with Gasteiger partial charge in [-0.1, -0.05) is 18.2 Å². The van der Waals surface area contributed by atoms with Crippen molar-refractivity contribution in [3.05, 3.63) is 52.8 Å². The third kappa shape index (κ3) is 6.85. The molecule has 3 rings (SSSR count). The van der Waals surface area contributed by atoms with Crippen LogP contribution in [-0.4, -0.2) is 62.8 Å². The molecule has 198 valence electrons. The molecule has 0 spiro atoms. The molecular formula is C21H28FN4O8PS. The summed E-state index contributed by atoms with van der Waals surface area (Å²) >= 11 is 5.59. The number of carbonyl (C=O) groups excluding carboxylic acids is 1. The van der Waals surface area contributed by atoms with Gasteiger partial charge in [-0.3, -0.25) is 9.36 Å². The Hall–Kier alpha value is -2.45. The average molecular weight is 547 g/mol. The molecule has 0 amide bonds. The van der Waals surface area contributed by atoms with Crippen molar-refractivity contribution in [1.29, 1.82) is 0 Å². The topological polar surface area (TPSA) is 167 Å². The second-order valence-corrected chi connectivity index (χ2v) is 11.4. The highest BCUT2D eigenvalue weighted by molar-refractivity contribution is 8.09. The number of carbonyl (C=O) groups is 1. The number of nitrogens with two attached hydrogens (primary N) is 1. The van der Waals surface area contributed by atoms with Gasteiger partial charge in [0, 0.05) is 0 Å². The lowest BCUT2D eigenvalue weighted by Gasteiger charge is -2.28. The van der Waals surface area contributed by atoms with Crippen molar-refractivity contribution in [3.63, 3.8) is 0 Å². The normalized spacial score (nSPS) is 24.3. The Morgan fingerprint density at radius 1 is 1.31 bits per heavy atom. The van der Waals surface area contributed by atoms with Crippen LogP contribution in [-0.2, 0) is 30.6 Å². The molecule has 2 aromatic rings.